The molecule has 0 fully saturated rings. The van der Waals surface area contributed by atoms with E-state index in [1.165, 1.54) is 16.3 Å². The molecule has 1 unspecified atom stereocenters. The van der Waals surface area contributed by atoms with E-state index in [1.807, 2.05) is 18.5 Å². The summed E-state index contributed by atoms with van der Waals surface area (Å²) in [4.78, 5) is 9.76. The van der Waals surface area contributed by atoms with Crippen LogP contribution in [0.5, 0.6) is 0 Å². The van der Waals surface area contributed by atoms with Crippen molar-refractivity contribution in [3.8, 4) is 0 Å². The number of rotatable bonds is 5. The number of benzene rings is 4. The number of fused-ring (bicyclic) bond motifs is 1. The summed E-state index contributed by atoms with van der Waals surface area (Å²) in [6, 6.07) is 33.8. The Balaban J connectivity index is 1.64. The van der Waals surface area contributed by atoms with Crippen LogP contribution >= 0.6 is 0 Å². The van der Waals surface area contributed by atoms with Crippen LogP contribution in [0.3, 0.4) is 0 Å². The van der Waals surface area contributed by atoms with Gasteiger partial charge in [0.2, 0.25) is 0 Å². The Morgan fingerprint density at radius 2 is 1.53 bits per heavy atom. The van der Waals surface area contributed by atoms with E-state index in [0.29, 0.717) is 0 Å². The van der Waals surface area contributed by atoms with Gasteiger partial charge in [0.25, 0.3) is 0 Å². The quantitative estimate of drug-likeness (QED) is 0.171. The minimum atomic E-state index is 0.223. The van der Waals surface area contributed by atoms with E-state index in [1.54, 1.807) is 0 Å². The Bertz CT molecular complexity index is 1350. The summed E-state index contributed by atoms with van der Waals surface area (Å²) in [5.74, 6) is 0.223. The molecule has 0 saturated heterocycles. The Kier molecular flexibility index (Phi) is 5.99. The zero-order valence-electron chi connectivity index (χ0n) is 17.9. The maximum atomic E-state index is 5.13. The summed E-state index contributed by atoms with van der Waals surface area (Å²) in [5.41, 5.74) is 6.55. The molecule has 0 spiro atoms. The van der Waals surface area contributed by atoms with Crippen molar-refractivity contribution >= 4 is 48.2 Å². The van der Waals surface area contributed by atoms with Gasteiger partial charge in [-0.3, -0.25) is 0 Å². The summed E-state index contributed by atoms with van der Waals surface area (Å²) in [6.45, 7) is 2.23. The predicted octanol–water partition coefficient (Wildman–Crippen LogP) is 6.29. The molecule has 152 valence electrons. The van der Waals surface area contributed by atoms with Gasteiger partial charge in [0.1, 0.15) is 0 Å². The van der Waals surface area contributed by atoms with Gasteiger partial charge in [-0.1, -0.05) is 36.4 Å². The van der Waals surface area contributed by atoms with Crippen LogP contribution in [-0.2, 0) is 0 Å². The Morgan fingerprint density at radius 1 is 0.844 bits per heavy atom. The van der Waals surface area contributed by atoms with Crippen molar-refractivity contribution in [1.29, 1.82) is 0 Å². The van der Waals surface area contributed by atoms with Crippen LogP contribution in [0.4, 0.5) is 5.69 Å². The number of imidazole rings is 1. The second-order valence-electron chi connectivity index (χ2n) is 7.91. The normalized spacial score (nSPS) is 11.9. The van der Waals surface area contributed by atoms with Gasteiger partial charge in [-0.15, -0.1) is 0 Å². The number of aliphatic imine (C=N–C) groups is 1. The topological polar surface area (TPSA) is 30.2 Å². The van der Waals surface area contributed by atoms with Gasteiger partial charge in [0.05, 0.1) is 0 Å². The van der Waals surface area contributed by atoms with Crippen molar-refractivity contribution in [2.75, 3.05) is 0 Å². The van der Waals surface area contributed by atoms with Crippen molar-refractivity contribution in [2.45, 2.75) is 12.8 Å². The second kappa shape index (κ2) is 9.20. The maximum absolute atomic E-state index is 5.13. The van der Waals surface area contributed by atoms with Crippen molar-refractivity contribution in [1.82, 2.24) is 7.36 Å². The Morgan fingerprint density at radius 3 is 2.16 bits per heavy atom. The van der Waals surface area contributed by atoms with Gasteiger partial charge in [0, 0.05) is 0 Å². The first kappa shape index (κ1) is 20.8. The minimum absolute atomic E-state index is 0.223. The fourth-order valence-corrected chi connectivity index (χ4v) is 4.94. The van der Waals surface area contributed by atoms with Gasteiger partial charge in [0.15, 0.2) is 0 Å². The molecule has 1 atom stereocenters. The molecule has 4 heteroatoms. The molecule has 1 heterocycles. The first-order valence-electron chi connectivity index (χ1n) is 10.7. The molecule has 0 aliphatic heterocycles. The average Bonchev–Trinajstić information content (AvgIpc) is 3.29. The fourth-order valence-electron chi connectivity index (χ4n) is 4.08. The molecule has 0 N–H and O–H groups in total. The van der Waals surface area contributed by atoms with Gasteiger partial charge >= 0.3 is 169 Å². The number of aromatic nitrogens is 2. The first-order valence-corrected chi connectivity index (χ1v) is 12.7. The van der Waals surface area contributed by atoms with E-state index in [0.717, 1.165) is 54.3 Å². The van der Waals surface area contributed by atoms with Crippen LogP contribution in [-0.4, -0.2) is 39.1 Å². The average molecular weight is 605 g/mol. The summed E-state index contributed by atoms with van der Waals surface area (Å²) < 4.78 is 2.17. The zero-order chi connectivity index (χ0) is 21.9. The molecule has 0 radical (unpaired) electrons. The molecular weight excluding hydrogens is 583 g/mol. The Labute approximate surface area is 204 Å². The first-order chi connectivity index (χ1) is 15.7. The number of hydrogen-bond donors (Lipinski definition) is 0. The molecule has 4 aromatic carbocycles. The van der Waals surface area contributed by atoms with Gasteiger partial charge in [-0.2, -0.15) is 0 Å². The predicted molar refractivity (Wildman–Crippen MR) is 133 cm³/mol. The molecule has 0 aliphatic carbocycles. The zero-order valence-corrected chi connectivity index (χ0v) is 22.4. The molecule has 1 aromatic heterocycles. The standard InChI is InChI=1S/C28H22N3.Tl/c1-20(27-18-29-19-30-27)25-14-8-13-21-15-16-24(17-26(21)25)31-28(22-9-4-2-5-10-22)23-11-6-3-7-12-23;/h2-20H,1H3;/q-1;+1. The van der Waals surface area contributed by atoms with E-state index in [9.17, 15) is 0 Å². The fraction of sp³-hybridized carbons (Fsp3) is 0.0714. The Hall–Kier alpha value is -3.06. The summed E-state index contributed by atoms with van der Waals surface area (Å²) >= 11 is 0.733. The molecule has 32 heavy (non-hydrogen) atoms. The van der Waals surface area contributed by atoms with Gasteiger partial charge in [-0.25, -0.2) is 0 Å². The summed E-state index contributed by atoms with van der Waals surface area (Å²) in [7, 11) is 0. The number of hydrogen-bond acceptors (Lipinski definition) is 2. The van der Waals surface area contributed by atoms with Crippen LogP contribution in [0.25, 0.3) is 10.8 Å². The van der Waals surface area contributed by atoms with E-state index in [4.69, 9.17) is 4.99 Å². The third-order valence-electron chi connectivity index (χ3n) is 5.77. The molecule has 5 rings (SSSR count). The molecule has 0 aliphatic rings. The monoisotopic (exact) mass is 605 g/mol. The molecule has 5 aromatic rings. The van der Waals surface area contributed by atoms with E-state index >= 15 is 0 Å². The van der Waals surface area contributed by atoms with E-state index in [2.05, 4.69) is 105 Å². The van der Waals surface area contributed by atoms with Crippen LogP contribution in [0.15, 0.2) is 115 Å². The molecule has 3 nitrogen and oxygen atoms in total. The third-order valence-corrected chi connectivity index (χ3v) is 6.86. The number of nitrogens with zero attached hydrogens (tertiary/aromatic N) is 3. The third kappa shape index (κ3) is 4.30. The summed E-state index contributed by atoms with van der Waals surface area (Å²) in [5, 5.41) is 2.45. The van der Waals surface area contributed by atoms with Crippen molar-refractivity contribution in [2.24, 2.45) is 4.99 Å². The van der Waals surface area contributed by atoms with Gasteiger partial charge in [-0.05, 0) is 0 Å². The van der Waals surface area contributed by atoms with Crippen molar-refractivity contribution in [3.05, 3.63) is 132 Å². The van der Waals surface area contributed by atoms with E-state index < -0.39 is 0 Å². The van der Waals surface area contributed by atoms with Crippen LogP contribution in [0.2, 0.25) is 0 Å². The van der Waals surface area contributed by atoms with Crippen molar-refractivity contribution < 1.29 is 0 Å². The van der Waals surface area contributed by atoms with Crippen LogP contribution in [0, 0.1) is 0 Å². The summed E-state index contributed by atoms with van der Waals surface area (Å²) in [6.07, 6.45) is 4.10. The van der Waals surface area contributed by atoms with Gasteiger partial charge < -0.3 is 0 Å². The second-order valence-corrected chi connectivity index (χ2v) is 10.2. The molecular formula is C28H22N3Tl. The molecule has 0 amide bonds. The van der Waals surface area contributed by atoms with Crippen LogP contribution < -0.4 is 0 Å². The molecule has 0 bridgehead atoms. The SMILES string of the molecule is CC(c1c[n]([Tl])cn1)c1cccc2ccc(N=C(c3ccccc3)c3ccccc3)cc12. The van der Waals surface area contributed by atoms with Crippen molar-refractivity contribution in [3.63, 3.8) is 0 Å². The molecule has 0 saturated carbocycles. The van der Waals surface area contributed by atoms with E-state index in [-0.39, 0.29) is 5.92 Å². The van der Waals surface area contributed by atoms with Crippen LogP contribution in [0.1, 0.15) is 35.2 Å².